The van der Waals surface area contributed by atoms with Crippen LogP contribution in [0.2, 0.25) is 0 Å². The molecule has 0 saturated carbocycles. The number of ether oxygens (including phenoxy) is 1. The molecule has 0 atom stereocenters. The van der Waals surface area contributed by atoms with Crippen molar-refractivity contribution in [3.8, 4) is 5.88 Å². The summed E-state index contributed by atoms with van der Waals surface area (Å²) in [4.78, 5) is 30.4. The van der Waals surface area contributed by atoms with Crippen molar-refractivity contribution < 1.29 is 9.53 Å². The molecule has 2 fully saturated rings. The molecule has 4 rings (SSSR count). The van der Waals surface area contributed by atoms with Crippen molar-refractivity contribution >= 4 is 17.7 Å². The zero-order chi connectivity index (χ0) is 20.8. The van der Waals surface area contributed by atoms with Gasteiger partial charge in [0.1, 0.15) is 5.82 Å². The number of rotatable bonds is 6. The number of amides is 1. The predicted molar refractivity (Wildman–Crippen MR) is 116 cm³/mol. The van der Waals surface area contributed by atoms with Gasteiger partial charge in [0.2, 0.25) is 17.7 Å². The molecule has 0 bridgehead atoms. The summed E-state index contributed by atoms with van der Waals surface area (Å²) in [6, 6.07) is 5.82. The average Bonchev–Trinajstić information content (AvgIpc) is 2.83. The van der Waals surface area contributed by atoms with Crippen LogP contribution in [-0.4, -0.2) is 54.1 Å². The Morgan fingerprint density at radius 2 is 1.83 bits per heavy atom. The maximum absolute atomic E-state index is 12.7. The summed E-state index contributed by atoms with van der Waals surface area (Å²) >= 11 is 0. The van der Waals surface area contributed by atoms with Gasteiger partial charge in [0.05, 0.1) is 7.11 Å². The summed E-state index contributed by atoms with van der Waals surface area (Å²) in [7, 11) is 1.60. The molecule has 8 nitrogen and oxygen atoms in total. The molecule has 8 heteroatoms. The van der Waals surface area contributed by atoms with E-state index in [1.54, 1.807) is 19.4 Å². The number of carbonyl (C=O) groups is 1. The van der Waals surface area contributed by atoms with E-state index >= 15 is 0 Å². The van der Waals surface area contributed by atoms with Crippen molar-refractivity contribution in [3.63, 3.8) is 0 Å². The Kier molecular flexibility index (Phi) is 6.61. The smallest absolute Gasteiger partial charge is 0.228 e. The third kappa shape index (κ3) is 4.98. The van der Waals surface area contributed by atoms with Gasteiger partial charge in [-0.2, -0.15) is 4.98 Å². The number of pyridine rings is 1. The lowest BCUT2D eigenvalue weighted by atomic mass is 9.96. The topological polar surface area (TPSA) is 83.5 Å². The minimum Gasteiger partial charge on any atom is -0.481 e. The van der Waals surface area contributed by atoms with E-state index in [1.807, 2.05) is 12.3 Å². The van der Waals surface area contributed by atoms with Crippen molar-refractivity contribution in [2.45, 2.75) is 38.6 Å². The van der Waals surface area contributed by atoms with Crippen molar-refractivity contribution in [1.29, 1.82) is 0 Å². The number of piperidine rings is 2. The normalized spacial score (nSPS) is 17.6. The van der Waals surface area contributed by atoms with Crippen LogP contribution in [0.1, 0.15) is 37.7 Å². The SMILES string of the molecule is COc1ccnc(N2CCC(C(=O)NCc3ccnc(N4CCCCC4)c3)CC2)n1. The highest BCUT2D eigenvalue weighted by atomic mass is 16.5. The molecule has 30 heavy (non-hydrogen) atoms. The molecule has 0 radical (unpaired) electrons. The van der Waals surface area contributed by atoms with E-state index in [4.69, 9.17) is 4.74 Å². The first kappa shape index (κ1) is 20.4. The molecule has 2 aromatic rings. The highest BCUT2D eigenvalue weighted by molar-refractivity contribution is 5.79. The third-order valence-electron chi connectivity index (χ3n) is 5.93. The number of anilines is 2. The maximum atomic E-state index is 12.7. The maximum Gasteiger partial charge on any atom is 0.228 e. The van der Waals surface area contributed by atoms with E-state index in [-0.39, 0.29) is 11.8 Å². The third-order valence-corrected chi connectivity index (χ3v) is 5.93. The van der Waals surface area contributed by atoms with Gasteiger partial charge in [0, 0.05) is 57.1 Å². The van der Waals surface area contributed by atoms with Gasteiger partial charge in [0.15, 0.2) is 0 Å². The second kappa shape index (κ2) is 9.73. The van der Waals surface area contributed by atoms with Crippen LogP contribution < -0.4 is 19.9 Å². The average molecular weight is 411 g/mol. The van der Waals surface area contributed by atoms with E-state index in [0.717, 1.165) is 50.4 Å². The Bertz CT molecular complexity index is 847. The van der Waals surface area contributed by atoms with Crippen LogP contribution in [0.3, 0.4) is 0 Å². The number of nitrogens with zero attached hydrogens (tertiary/aromatic N) is 5. The molecule has 1 amide bonds. The first-order valence-electron chi connectivity index (χ1n) is 10.8. The summed E-state index contributed by atoms with van der Waals surface area (Å²) < 4.78 is 5.18. The van der Waals surface area contributed by atoms with Gasteiger partial charge in [-0.3, -0.25) is 4.79 Å². The molecule has 0 aliphatic carbocycles. The lowest BCUT2D eigenvalue weighted by Crippen LogP contribution is -2.41. The van der Waals surface area contributed by atoms with Crippen molar-refractivity contribution in [1.82, 2.24) is 20.3 Å². The van der Waals surface area contributed by atoms with Gasteiger partial charge in [-0.15, -0.1) is 0 Å². The minimum absolute atomic E-state index is 0.0234. The molecule has 4 heterocycles. The molecule has 0 aromatic carbocycles. The largest absolute Gasteiger partial charge is 0.481 e. The zero-order valence-corrected chi connectivity index (χ0v) is 17.6. The summed E-state index contributed by atoms with van der Waals surface area (Å²) in [6.07, 6.45) is 8.88. The number of methoxy groups -OCH3 is 1. The van der Waals surface area contributed by atoms with Gasteiger partial charge in [-0.1, -0.05) is 0 Å². The van der Waals surface area contributed by atoms with Crippen LogP contribution in [0.5, 0.6) is 5.88 Å². The van der Waals surface area contributed by atoms with Gasteiger partial charge < -0.3 is 19.9 Å². The minimum atomic E-state index is 0.0234. The number of hydrogen-bond donors (Lipinski definition) is 1. The fraction of sp³-hybridized carbons (Fsp3) is 0.545. The summed E-state index contributed by atoms with van der Waals surface area (Å²) in [5.74, 6) is 2.39. The van der Waals surface area contributed by atoms with Crippen LogP contribution >= 0.6 is 0 Å². The van der Waals surface area contributed by atoms with E-state index in [9.17, 15) is 4.79 Å². The molecule has 160 valence electrons. The first-order valence-corrected chi connectivity index (χ1v) is 10.8. The molecule has 2 aliphatic heterocycles. The van der Waals surface area contributed by atoms with Crippen LogP contribution in [0.15, 0.2) is 30.6 Å². The Hall–Kier alpha value is -2.90. The quantitative estimate of drug-likeness (QED) is 0.783. The zero-order valence-electron chi connectivity index (χ0n) is 17.6. The fourth-order valence-electron chi connectivity index (χ4n) is 4.14. The standard InChI is InChI=1S/C22H30N6O2/c1-30-20-6-10-24-22(26-20)28-13-7-18(8-14-28)21(29)25-16-17-5-9-23-19(15-17)27-11-3-2-4-12-27/h5-6,9-10,15,18H,2-4,7-8,11-14,16H2,1H3,(H,25,29). The van der Waals surface area contributed by atoms with Gasteiger partial charge in [0.25, 0.3) is 0 Å². The molecule has 2 saturated heterocycles. The summed E-state index contributed by atoms with van der Waals surface area (Å²) in [5, 5.41) is 3.12. The Morgan fingerprint density at radius 1 is 1.07 bits per heavy atom. The molecular formula is C22H30N6O2. The van der Waals surface area contributed by atoms with Crippen molar-refractivity contribution in [2.75, 3.05) is 43.1 Å². The number of hydrogen-bond acceptors (Lipinski definition) is 7. The monoisotopic (exact) mass is 410 g/mol. The predicted octanol–water partition coefficient (Wildman–Crippen LogP) is 2.40. The van der Waals surface area contributed by atoms with Crippen LogP contribution in [0, 0.1) is 5.92 Å². The van der Waals surface area contributed by atoms with Gasteiger partial charge in [-0.25, -0.2) is 9.97 Å². The second-order valence-electron chi connectivity index (χ2n) is 7.95. The Labute approximate surface area is 177 Å². The van der Waals surface area contributed by atoms with Crippen LogP contribution in [-0.2, 0) is 11.3 Å². The molecular weight excluding hydrogens is 380 g/mol. The first-order chi connectivity index (χ1) is 14.7. The Morgan fingerprint density at radius 3 is 2.60 bits per heavy atom. The highest BCUT2D eigenvalue weighted by Gasteiger charge is 2.26. The number of carbonyl (C=O) groups excluding carboxylic acids is 1. The molecule has 2 aromatic heterocycles. The molecule has 0 unspecified atom stereocenters. The Balaban J connectivity index is 1.27. The number of nitrogens with one attached hydrogen (secondary N) is 1. The van der Waals surface area contributed by atoms with E-state index in [1.165, 1.54) is 19.3 Å². The number of aromatic nitrogens is 3. The summed E-state index contributed by atoms with van der Waals surface area (Å²) in [6.45, 7) is 4.21. The second-order valence-corrected chi connectivity index (χ2v) is 7.95. The fourth-order valence-corrected chi connectivity index (χ4v) is 4.14. The van der Waals surface area contributed by atoms with Crippen LogP contribution in [0.25, 0.3) is 0 Å². The van der Waals surface area contributed by atoms with Gasteiger partial charge in [-0.05, 0) is 49.8 Å². The van der Waals surface area contributed by atoms with E-state index < -0.39 is 0 Å². The highest BCUT2D eigenvalue weighted by Crippen LogP contribution is 2.22. The van der Waals surface area contributed by atoms with Crippen molar-refractivity contribution in [2.24, 2.45) is 5.92 Å². The lowest BCUT2D eigenvalue weighted by molar-refractivity contribution is -0.125. The summed E-state index contributed by atoms with van der Waals surface area (Å²) in [5.41, 5.74) is 1.10. The van der Waals surface area contributed by atoms with Crippen LogP contribution in [0.4, 0.5) is 11.8 Å². The molecule has 0 spiro atoms. The lowest BCUT2D eigenvalue weighted by Gasteiger charge is -2.31. The molecule has 2 aliphatic rings. The molecule has 1 N–H and O–H groups in total. The van der Waals surface area contributed by atoms with E-state index in [2.05, 4.69) is 36.1 Å². The van der Waals surface area contributed by atoms with Crippen molar-refractivity contribution in [3.05, 3.63) is 36.2 Å². The van der Waals surface area contributed by atoms with E-state index in [0.29, 0.717) is 18.4 Å². The van der Waals surface area contributed by atoms with Gasteiger partial charge >= 0.3 is 0 Å².